The van der Waals surface area contributed by atoms with Crippen LogP contribution in [0.5, 0.6) is 0 Å². The molecule has 0 spiro atoms. The van der Waals surface area contributed by atoms with Crippen LogP contribution in [0.25, 0.3) is 11.4 Å². The van der Waals surface area contributed by atoms with Gasteiger partial charge < -0.3 is 9.88 Å². The topological polar surface area (TPSA) is 52.2 Å². The standard InChI is InChI=1S/C23H25FN4O/c1-17-21(26-22(25-17)19-6-3-2-4-7-19)23(29)28-13-5-12-27(14-15-28)16-18-8-10-20(24)11-9-18/h2-4,6-11H,5,12-16H2,1H3,(H,25,26). The molecule has 1 saturated heterocycles. The highest BCUT2D eigenvalue weighted by Crippen LogP contribution is 2.19. The Hall–Kier alpha value is -2.99. The maximum atomic E-state index is 13.1. The van der Waals surface area contributed by atoms with Gasteiger partial charge in [-0.1, -0.05) is 42.5 Å². The normalized spacial score (nSPS) is 15.3. The van der Waals surface area contributed by atoms with Gasteiger partial charge in [0.1, 0.15) is 17.3 Å². The second-order valence-corrected chi connectivity index (χ2v) is 7.47. The highest BCUT2D eigenvalue weighted by molar-refractivity contribution is 5.94. The van der Waals surface area contributed by atoms with Crippen molar-refractivity contribution in [3.05, 3.63) is 77.4 Å². The smallest absolute Gasteiger partial charge is 0.274 e. The fraction of sp³-hybridized carbons (Fsp3) is 0.304. The maximum absolute atomic E-state index is 13.1. The molecule has 1 amide bonds. The molecule has 1 aliphatic rings. The number of imidazole rings is 1. The zero-order chi connectivity index (χ0) is 20.2. The number of amides is 1. The molecule has 150 valence electrons. The van der Waals surface area contributed by atoms with E-state index in [1.165, 1.54) is 12.1 Å². The van der Waals surface area contributed by atoms with Crippen molar-refractivity contribution in [2.45, 2.75) is 19.9 Å². The number of rotatable bonds is 4. The van der Waals surface area contributed by atoms with Crippen LogP contribution in [0.3, 0.4) is 0 Å². The summed E-state index contributed by atoms with van der Waals surface area (Å²) in [4.78, 5) is 25.1. The lowest BCUT2D eigenvalue weighted by Gasteiger charge is -2.21. The SMILES string of the molecule is Cc1[nH]c(-c2ccccc2)nc1C(=O)N1CCCN(Cc2ccc(F)cc2)CC1. The van der Waals surface area contributed by atoms with Gasteiger partial charge in [-0.15, -0.1) is 0 Å². The van der Waals surface area contributed by atoms with Crippen LogP contribution in [0.1, 0.15) is 28.2 Å². The zero-order valence-electron chi connectivity index (χ0n) is 16.6. The molecule has 3 aromatic rings. The van der Waals surface area contributed by atoms with Gasteiger partial charge in [0.15, 0.2) is 0 Å². The number of hydrogen-bond acceptors (Lipinski definition) is 3. The fourth-order valence-corrected chi connectivity index (χ4v) is 3.73. The highest BCUT2D eigenvalue weighted by Gasteiger charge is 2.24. The lowest BCUT2D eigenvalue weighted by atomic mass is 10.2. The second-order valence-electron chi connectivity index (χ2n) is 7.47. The fourth-order valence-electron chi connectivity index (χ4n) is 3.73. The number of aryl methyl sites for hydroxylation is 1. The first kappa shape index (κ1) is 19.3. The number of carbonyl (C=O) groups is 1. The van der Waals surface area contributed by atoms with E-state index in [4.69, 9.17) is 0 Å². The van der Waals surface area contributed by atoms with E-state index in [1.807, 2.05) is 54.3 Å². The number of H-pyrrole nitrogens is 1. The number of carbonyl (C=O) groups excluding carboxylic acids is 1. The van der Waals surface area contributed by atoms with Crippen LogP contribution in [-0.2, 0) is 6.54 Å². The van der Waals surface area contributed by atoms with Crippen molar-refractivity contribution in [1.82, 2.24) is 19.8 Å². The van der Waals surface area contributed by atoms with Gasteiger partial charge in [0, 0.05) is 44.0 Å². The van der Waals surface area contributed by atoms with Gasteiger partial charge in [0.05, 0.1) is 0 Å². The molecule has 2 heterocycles. The molecule has 1 aliphatic heterocycles. The second kappa shape index (κ2) is 8.57. The third-order valence-corrected chi connectivity index (χ3v) is 5.33. The van der Waals surface area contributed by atoms with Gasteiger partial charge in [-0.25, -0.2) is 9.37 Å². The van der Waals surface area contributed by atoms with Crippen LogP contribution >= 0.6 is 0 Å². The Morgan fingerprint density at radius 1 is 1.03 bits per heavy atom. The van der Waals surface area contributed by atoms with Gasteiger partial charge in [-0.3, -0.25) is 9.69 Å². The molecule has 0 aliphatic carbocycles. The molecule has 1 fully saturated rings. The van der Waals surface area contributed by atoms with Crippen molar-refractivity contribution in [3.8, 4) is 11.4 Å². The summed E-state index contributed by atoms with van der Waals surface area (Å²) in [6.07, 6.45) is 0.905. The number of halogens is 1. The minimum Gasteiger partial charge on any atom is -0.341 e. The van der Waals surface area contributed by atoms with E-state index in [1.54, 1.807) is 0 Å². The van der Waals surface area contributed by atoms with Crippen molar-refractivity contribution in [3.63, 3.8) is 0 Å². The summed E-state index contributed by atoms with van der Waals surface area (Å²) < 4.78 is 13.1. The highest BCUT2D eigenvalue weighted by atomic mass is 19.1. The lowest BCUT2D eigenvalue weighted by molar-refractivity contribution is 0.0755. The van der Waals surface area contributed by atoms with Crippen LogP contribution in [-0.4, -0.2) is 51.9 Å². The van der Waals surface area contributed by atoms with Crippen LogP contribution in [0, 0.1) is 12.7 Å². The number of aromatic nitrogens is 2. The molecule has 4 rings (SSSR count). The molecule has 5 nitrogen and oxygen atoms in total. The first-order valence-electron chi connectivity index (χ1n) is 9.98. The number of aromatic amines is 1. The van der Waals surface area contributed by atoms with Crippen LogP contribution in [0.4, 0.5) is 4.39 Å². The van der Waals surface area contributed by atoms with E-state index in [2.05, 4.69) is 14.9 Å². The average Bonchev–Trinajstić information content (AvgIpc) is 2.98. The Balaban J connectivity index is 1.42. The monoisotopic (exact) mass is 392 g/mol. The van der Waals surface area contributed by atoms with Crippen molar-refractivity contribution >= 4 is 5.91 Å². The maximum Gasteiger partial charge on any atom is 0.274 e. The van der Waals surface area contributed by atoms with E-state index < -0.39 is 0 Å². The van der Waals surface area contributed by atoms with Gasteiger partial charge in [0.2, 0.25) is 0 Å². The Labute approximate surface area is 170 Å². The Bertz CT molecular complexity index is 968. The van der Waals surface area contributed by atoms with Crippen LogP contribution in [0.2, 0.25) is 0 Å². The third-order valence-electron chi connectivity index (χ3n) is 5.33. The van der Waals surface area contributed by atoms with E-state index in [0.29, 0.717) is 18.8 Å². The summed E-state index contributed by atoms with van der Waals surface area (Å²) in [5.74, 6) is 0.481. The molecular weight excluding hydrogens is 367 g/mol. The molecule has 1 aromatic heterocycles. The van der Waals surface area contributed by atoms with Gasteiger partial charge in [-0.2, -0.15) is 0 Å². The van der Waals surface area contributed by atoms with E-state index in [0.717, 1.165) is 48.7 Å². The van der Waals surface area contributed by atoms with Crippen molar-refractivity contribution in [1.29, 1.82) is 0 Å². The van der Waals surface area contributed by atoms with Gasteiger partial charge >= 0.3 is 0 Å². The lowest BCUT2D eigenvalue weighted by Crippen LogP contribution is -2.35. The largest absolute Gasteiger partial charge is 0.341 e. The van der Waals surface area contributed by atoms with Crippen molar-refractivity contribution < 1.29 is 9.18 Å². The molecule has 0 bridgehead atoms. The Kier molecular flexibility index (Phi) is 5.71. The van der Waals surface area contributed by atoms with E-state index in [-0.39, 0.29) is 11.7 Å². The number of nitrogens with one attached hydrogen (secondary N) is 1. The van der Waals surface area contributed by atoms with E-state index in [9.17, 15) is 9.18 Å². The Morgan fingerprint density at radius 2 is 1.79 bits per heavy atom. The van der Waals surface area contributed by atoms with Crippen LogP contribution < -0.4 is 0 Å². The third kappa shape index (κ3) is 4.54. The molecule has 1 N–H and O–H groups in total. The molecule has 0 atom stereocenters. The minimum absolute atomic E-state index is 0.0236. The number of nitrogens with zero attached hydrogens (tertiary/aromatic N) is 3. The number of benzene rings is 2. The molecule has 29 heavy (non-hydrogen) atoms. The minimum atomic E-state index is -0.217. The summed E-state index contributed by atoms with van der Waals surface area (Å²) >= 11 is 0. The predicted molar refractivity (Wildman–Crippen MR) is 111 cm³/mol. The summed E-state index contributed by atoms with van der Waals surface area (Å²) in [5, 5.41) is 0. The van der Waals surface area contributed by atoms with Crippen LogP contribution in [0.15, 0.2) is 54.6 Å². The summed E-state index contributed by atoms with van der Waals surface area (Å²) in [5.41, 5.74) is 3.34. The van der Waals surface area contributed by atoms with Crippen molar-refractivity contribution in [2.24, 2.45) is 0 Å². The molecule has 0 saturated carbocycles. The first-order valence-corrected chi connectivity index (χ1v) is 9.98. The summed E-state index contributed by atoms with van der Waals surface area (Å²) in [6, 6.07) is 16.5. The molecule has 0 radical (unpaired) electrons. The zero-order valence-corrected chi connectivity index (χ0v) is 16.6. The number of hydrogen-bond donors (Lipinski definition) is 1. The Morgan fingerprint density at radius 3 is 2.55 bits per heavy atom. The van der Waals surface area contributed by atoms with Gasteiger partial charge in [0.25, 0.3) is 5.91 Å². The van der Waals surface area contributed by atoms with E-state index >= 15 is 0 Å². The molecule has 0 unspecified atom stereocenters. The first-order chi connectivity index (χ1) is 14.1. The quantitative estimate of drug-likeness (QED) is 0.733. The predicted octanol–water partition coefficient (Wildman–Crippen LogP) is 3.87. The summed E-state index contributed by atoms with van der Waals surface area (Å²) in [6.45, 7) is 5.74. The summed E-state index contributed by atoms with van der Waals surface area (Å²) in [7, 11) is 0. The molecule has 2 aromatic carbocycles. The average molecular weight is 392 g/mol. The van der Waals surface area contributed by atoms with Crippen molar-refractivity contribution in [2.75, 3.05) is 26.2 Å². The van der Waals surface area contributed by atoms with Gasteiger partial charge in [-0.05, 0) is 31.0 Å². The molecular formula is C23H25FN4O. The molecule has 6 heteroatoms.